The average molecular weight is 375 g/mol. The summed E-state index contributed by atoms with van der Waals surface area (Å²) in [5, 5.41) is 6.70. The van der Waals surface area contributed by atoms with Crippen LogP contribution in [0.15, 0.2) is 24.3 Å². The summed E-state index contributed by atoms with van der Waals surface area (Å²) in [5.74, 6) is 1.29. The Morgan fingerprint density at radius 2 is 1.85 bits per heavy atom. The SMILES string of the molecule is CC1(C)CC(CC(=O)Nc2ccc(OCC3CCCO3)cc2)CC(C)(C)N1. The second kappa shape index (κ2) is 8.19. The number of piperidine rings is 1. The summed E-state index contributed by atoms with van der Waals surface area (Å²) in [5.41, 5.74) is 0.945. The van der Waals surface area contributed by atoms with Crippen molar-refractivity contribution < 1.29 is 14.3 Å². The van der Waals surface area contributed by atoms with E-state index in [1.165, 1.54) is 0 Å². The second-order valence-corrected chi connectivity index (χ2v) is 9.39. The summed E-state index contributed by atoms with van der Waals surface area (Å²) < 4.78 is 11.3. The first-order chi connectivity index (χ1) is 12.7. The smallest absolute Gasteiger partial charge is 0.224 e. The van der Waals surface area contributed by atoms with E-state index in [1.807, 2.05) is 24.3 Å². The Labute approximate surface area is 163 Å². The number of amides is 1. The third-order valence-electron chi connectivity index (χ3n) is 5.35. The lowest BCUT2D eigenvalue weighted by Gasteiger charge is -2.46. The number of hydrogen-bond acceptors (Lipinski definition) is 4. The highest BCUT2D eigenvalue weighted by Crippen LogP contribution is 2.34. The van der Waals surface area contributed by atoms with Crippen LogP contribution < -0.4 is 15.4 Å². The molecule has 2 saturated heterocycles. The third-order valence-corrected chi connectivity index (χ3v) is 5.35. The molecule has 0 spiro atoms. The zero-order valence-corrected chi connectivity index (χ0v) is 17.1. The molecule has 0 aromatic heterocycles. The molecular weight excluding hydrogens is 340 g/mol. The third kappa shape index (κ3) is 6.22. The molecule has 2 N–H and O–H groups in total. The number of rotatable bonds is 6. The highest BCUT2D eigenvalue weighted by molar-refractivity contribution is 5.90. The van der Waals surface area contributed by atoms with Crippen molar-refractivity contribution in [1.82, 2.24) is 5.32 Å². The number of nitrogens with one attached hydrogen (secondary N) is 2. The van der Waals surface area contributed by atoms with Crippen LogP contribution in [0.3, 0.4) is 0 Å². The van der Waals surface area contributed by atoms with Crippen LogP contribution in [0.1, 0.15) is 59.8 Å². The minimum atomic E-state index is 0.0642. The predicted molar refractivity (Wildman–Crippen MR) is 108 cm³/mol. The van der Waals surface area contributed by atoms with Gasteiger partial charge in [-0.2, -0.15) is 0 Å². The van der Waals surface area contributed by atoms with Crippen LogP contribution >= 0.6 is 0 Å². The van der Waals surface area contributed by atoms with Crippen molar-refractivity contribution in [3.05, 3.63) is 24.3 Å². The van der Waals surface area contributed by atoms with Crippen LogP contribution in [0.5, 0.6) is 5.75 Å². The topological polar surface area (TPSA) is 59.6 Å². The first-order valence-corrected chi connectivity index (χ1v) is 10.1. The molecular formula is C22H34N2O3. The van der Waals surface area contributed by atoms with Crippen LogP contribution in [0.4, 0.5) is 5.69 Å². The fraction of sp³-hybridized carbons (Fsp3) is 0.682. The fourth-order valence-corrected chi connectivity index (χ4v) is 4.75. The van der Waals surface area contributed by atoms with Gasteiger partial charge >= 0.3 is 0 Å². The molecule has 5 nitrogen and oxygen atoms in total. The van der Waals surface area contributed by atoms with Crippen molar-refractivity contribution in [2.45, 2.75) is 77.0 Å². The van der Waals surface area contributed by atoms with Crippen molar-refractivity contribution in [3.8, 4) is 5.75 Å². The lowest BCUT2D eigenvalue weighted by atomic mass is 9.74. The van der Waals surface area contributed by atoms with Gasteiger partial charge in [-0.15, -0.1) is 0 Å². The van der Waals surface area contributed by atoms with Crippen molar-refractivity contribution in [2.75, 3.05) is 18.5 Å². The predicted octanol–water partition coefficient (Wildman–Crippen LogP) is 4.13. The van der Waals surface area contributed by atoms with Gasteiger partial charge in [0.25, 0.3) is 0 Å². The Bertz CT molecular complexity index is 617. The van der Waals surface area contributed by atoms with Crippen molar-refractivity contribution in [2.24, 2.45) is 5.92 Å². The van der Waals surface area contributed by atoms with Gasteiger partial charge in [-0.05, 0) is 83.6 Å². The van der Waals surface area contributed by atoms with Gasteiger partial charge < -0.3 is 20.1 Å². The Morgan fingerprint density at radius 1 is 1.19 bits per heavy atom. The monoisotopic (exact) mass is 374 g/mol. The molecule has 0 radical (unpaired) electrons. The van der Waals surface area contributed by atoms with E-state index < -0.39 is 0 Å². The second-order valence-electron chi connectivity index (χ2n) is 9.39. The van der Waals surface area contributed by atoms with Gasteiger partial charge in [-0.25, -0.2) is 0 Å². The number of carbonyl (C=O) groups excluding carboxylic acids is 1. The summed E-state index contributed by atoms with van der Waals surface area (Å²) in [6.45, 7) is 10.3. The molecule has 1 aromatic rings. The molecule has 5 heteroatoms. The van der Waals surface area contributed by atoms with Gasteiger partial charge in [0, 0.05) is 29.8 Å². The fourth-order valence-electron chi connectivity index (χ4n) is 4.75. The number of ether oxygens (including phenoxy) is 2. The molecule has 27 heavy (non-hydrogen) atoms. The van der Waals surface area contributed by atoms with E-state index in [1.54, 1.807) is 0 Å². The van der Waals surface area contributed by atoms with E-state index in [0.717, 1.165) is 43.7 Å². The highest BCUT2D eigenvalue weighted by atomic mass is 16.5. The van der Waals surface area contributed by atoms with Crippen LogP contribution in [0, 0.1) is 5.92 Å². The number of benzene rings is 1. The quantitative estimate of drug-likeness (QED) is 0.786. The van der Waals surface area contributed by atoms with Gasteiger partial charge in [0.2, 0.25) is 5.91 Å². The molecule has 0 aliphatic carbocycles. The van der Waals surface area contributed by atoms with E-state index in [0.29, 0.717) is 18.9 Å². The standard InChI is InChI=1S/C22H34N2O3/c1-21(2)13-16(14-22(3,4)24-21)12-20(25)23-17-7-9-18(10-8-17)27-15-19-6-5-11-26-19/h7-10,16,19,24H,5-6,11-15H2,1-4H3,(H,23,25). The molecule has 2 aliphatic rings. The zero-order chi connectivity index (χ0) is 19.5. The summed E-state index contributed by atoms with van der Waals surface area (Å²) in [6, 6.07) is 7.61. The van der Waals surface area contributed by atoms with Crippen molar-refractivity contribution >= 4 is 11.6 Å². The maximum absolute atomic E-state index is 12.5. The summed E-state index contributed by atoms with van der Waals surface area (Å²) in [7, 11) is 0. The first-order valence-electron chi connectivity index (χ1n) is 10.1. The summed E-state index contributed by atoms with van der Waals surface area (Å²) >= 11 is 0. The van der Waals surface area contributed by atoms with Crippen LogP contribution in [-0.2, 0) is 9.53 Å². The largest absolute Gasteiger partial charge is 0.491 e. The highest BCUT2D eigenvalue weighted by Gasteiger charge is 2.38. The van der Waals surface area contributed by atoms with Crippen LogP contribution in [0.2, 0.25) is 0 Å². The van der Waals surface area contributed by atoms with E-state index in [-0.39, 0.29) is 23.1 Å². The molecule has 1 unspecified atom stereocenters. The average Bonchev–Trinajstić information content (AvgIpc) is 3.04. The van der Waals surface area contributed by atoms with Gasteiger partial charge in [0.05, 0.1) is 6.10 Å². The van der Waals surface area contributed by atoms with E-state index in [4.69, 9.17) is 9.47 Å². The Kier molecular flexibility index (Phi) is 6.11. The number of hydrogen-bond donors (Lipinski definition) is 2. The zero-order valence-electron chi connectivity index (χ0n) is 17.1. The lowest BCUT2D eigenvalue weighted by molar-refractivity contribution is -0.117. The maximum atomic E-state index is 12.5. The molecule has 150 valence electrons. The summed E-state index contributed by atoms with van der Waals surface area (Å²) in [6.07, 6.45) is 4.98. The molecule has 1 amide bonds. The molecule has 2 heterocycles. The number of anilines is 1. The number of carbonyl (C=O) groups is 1. The minimum Gasteiger partial charge on any atom is -0.491 e. The Morgan fingerprint density at radius 3 is 2.44 bits per heavy atom. The minimum absolute atomic E-state index is 0.0642. The Balaban J connectivity index is 1.47. The first kappa shape index (κ1) is 20.2. The van der Waals surface area contributed by atoms with Gasteiger partial charge in [0.1, 0.15) is 12.4 Å². The van der Waals surface area contributed by atoms with Crippen LogP contribution in [-0.4, -0.2) is 36.3 Å². The Hall–Kier alpha value is -1.59. The molecule has 1 atom stereocenters. The molecule has 1 aromatic carbocycles. The van der Waals surface area contributed by atoms with E-state index in [9.17, 15) is 4.79 Å². The van der Waals surface area contributed by atoms with E-state index >= 15 is 0 Å². The maximum Gasteiger partial charge on any atom is 0.224 e. The van der Waals surface area contributed by atoms with Crippen molar-refractivity contribution in [1.29, 1.82) is 0 Å². The lowest BCUT2D eigenvalue weighted by Crippen LogP contribution is -2.58. The molecule has 0 saturated carbocycles. The van der Waals surface area contributed by atoms with Crippen LogP contribution in [0.25, 0.3) is 0 Å². The summed E-state index contributed by atoms with van der Waals surface area (Å²) in [4.78, 5) is 12.5. The van der Waals surface area contributed by atoms with Crippen molar-refractivity contribution in [3.63, 3.8) is 0 Å². The van der Waals surface area contributed by atoms with E-state index in [2.05, 4.69) is 38.3 Å². The molecule has 2 aliphatic heterocycles. The molecule has 2 fully saturated rings. The van der Waals surface area contributed by atoms with Gasteiger partial charge in [-0.1, -0.05) is 0 Å². The molecule has 3 rings (SSSR count). The molecule has 0 bridgehead atoms. The normalized spacial score (nSPS) is 24.5. The van der Waals surface area contributed by atoms with Gasteiger partial charge in [-0.3, -0.25) is 4.79 Å². The van der Waals surface area contributed by atoms with Gasteiger partial charge in [0.15, 0.2) is 0 Å².